The Morgan fingerprint density at radius 3 is 3.15 bits per heavy atom. The van der Waals surface area contributed by atoms with Gasteiger partial charge in [-0.3, -0.25) is 4.90 Å². The summed E-state index contributed by atoms with van der Waals surface area (Å²) in [6.07, 6.45) is 2.29. The number of methoxy groups -OCH3 is 1. The van der Waals surface area contributed by atoms with Gasteiger partial charge in [-0.25, -0.2) is 0 Å². The molecule has 0 bridgehead atoms. The summed E-state index contributed by atoms with van der Waals surface area (Å²) in [4.78, 5) is 2.18. The smallest absolute Gasteiger partial charge is 0.153 e. The third-order valence-electron chi connectivity index (χ3n) is 2.35. The molecule has 1 aliphatic rings. The summed E-state index contributed by atoms with van der Waals surface area (Å²) in [5, 5.41) is 11.4. The van der Waals surface area contributed by atoms with Gasteiger partial charge in [-0.05, 0) is 19.4 Å². The van der Waals surface area contributed by atoms with Gasteiger partial charge in [-0.15, -0.1) is 0 Å². The van der Waals surface area contributed by atoms with Crippen LogP contribution in [0.5, 0.6) is 0 Å². The number of nitrogens with two attached hydrogens (primary N) is 1. The van der Waals surface area contributed by atoms with Gasteiger partial charge in [0.2, 0.25) is 0 Å². The fourth-order valence-electron chi connectivity index (χ4n) is 1.72. The topological polar surface area (TPSA) is 71.1 Å². The van der Waals surface area contributed by atoms with Gasteiger partial charge in [-0.1, -0.05) is 5.16 Å². The van der Waals surface area contributed by atoms with Gasteiger partial charge in [-0.2, -0.15) is 0 Å². The number of oxime groups is 1. The molecule has 0 aromatic heterocycles. The Morgan fingerprint density at radius 2 is 2.54 bits per heavy atom. The predicted octanol–water partition coefficient (Wildman–Crippen LogP) is -0.156. The molecule has 0 aromatic rings. The average Bonchev–Trinajstić information content (AvgIpc) is 2.54. The zero-order valence-electron chi connectivity index (χ0n) is 7.94. The van der Waals surface area contributed by atoms with Crippen molar-refractivity contribution in [1.29, 1.82) is 0 Å². The van der Waals surface area contributed by atoms with Gasteiger partial charge in [0, 0.05) is 13.2 Å². The standard InChI is InChI=1S/C8H17N3O2/c1-13-6-7-3-2-4-11(7)5-8(9)10-12/h7,12H,2-6H2,1H3,(H2,9,10)/t7-/m0/s1. The van der Waals surface area contributed by atoms with Crippen molar-refractivity contribution in [2.45, 2.75) is 18.9 Å². The van der Waals surface area contributed by atoms with Crippen LogP contribution in [-0.4, -0.2) is 48.8 Å². The Hall–Kier alpha value is -0.810. The highest BCUT2D eigenvalue weighted by atomic mass is 16.5. The van der Waals surface area contributed by atoms with Crippen molar-refractivity contribution in [1.82, 2.24) is 4.90 Å². The minimum absolute atomic E-state index is 0.267. The van der Waals surface area contributed by atoms with Crippen molar-refractivity contribution in [2.24, 2.45) is 10.9 Å². The van der Waals surface area contributed by atoms with E-state index >= 15 is 0 Å². The second-order valence-electron chi connectivity index (χ2n) is 3.31. The molecule has 13 heavy (non-hydrogen) atoms. The van der Waals surface area contributed by atoms with Gasteiger partial charge in [0.1, 0.15) is 0 Å². The maximum Gasteiger partial charge on any atom is 0.153 e. The van der Waals surface area contributed by atoms with E-state index in [0.717, 1.165) is 26.0 Å². The highest BCUT2D eigenvalue weighted by Crippen LogP contribution is 2.16. The molecule has 3 N–H and O–H groups in total. The van der Waals surface area contributed by atoms with Crippen molar-refractivity contribution in [2.75, 3.05) is 26.8 Å². The predicted molar refractivity (Wildman–Crippen MR) is 49.9 cm³/mol. The van der Waals surface area contributed by atoms with E-state index in [0.29, 0.717) is 12.6 Å². The number of rotatable bonds is 4. The molecule has 0 aromatic carbocycles. The van der Waals surface area contributed by atoms with Gasteiger partial charge in [0.05, 0.1) is 13.2 Å². The van der Waals surface area contributed by atoms with Crippen LogP contribution < -0.4 is 5.73 Å². The normalized spacial score (nSPS) is 25.3. The molecule has 1 heterocycles. The number of ether oxygens (including phenoxy) is 1. The van der Waals surface area contributed by atoms with E-state index in [4.69, 9.17) is 15.7 Å². The zero-order valence-corrected chi connectivity index (χ0v) is 7.94. The van der Waals surface area contributed by atoms with Crippen LogP contribution in [-0.2, 0) is 4.74 Å². The van der Waals surface area contributed by atoms with Crippen LogP contribution in [0, 0.1) is 0 Å². The first-order chi connectivity index (χ1) is 6.27. The lowest BCUT2D eigenvalue weighted by Crippen LogP contribution is -2.39. The lowest BCUT2D eigenvalue weighted by atomic mass is 10.2. The van der Waals surface area contributed by atoms with E-state index in [1.54, 1.807) is 7.11 Å². The molecule has 0 spiro atoms. The van der Waals surface area contributed by atoms with Crippen molar-refractivity contribution >= 4 is 5.84 Å². The monoisotopic (exact) mass is 187 g/mol. The van der Waals surface area contributed by atoms with Crippen molar-refractivity contribution in [3.8, 4) is 0 Å². The molecule has 0 amide bonds. The second-order valence-corrected chi connectivity index (χ2v) is 3.31. The Labute approximate surface area is 78.1 Å². The first-order valence-corrected chi connectivity index (χ1v) is 4.47. The highest BCUT2D eigenvalue weighted by molar-refractivity contribution is 5.81. The summed E-state index contributed by atoms with van der Waals surface area (Å²) in [7, 11) is 1.69. The molecule has 0 saturated carbocycles. The molecule has 76 valence electrons. The number of likely N-dealkylation sites (tertiary alicyclic amines) is 1. The number of amidine groups is 1. The number of hydrogen-bond donors (Lipinski definition) is 2. The van der Waals surface area contributed by atoms with Crippen molar-refractivity contribution in [3.05, 3.63) is 0 Å². The fourth-order valence-corrected chi connectivity index (χ4v) is 1.72. The van der Waals surface area contributed by atoms with Crippen LogP contribution >= 0.6 is 0 Å². The SMILES string of the molecule is COC[C@@H]1CCCN1CC(N)=NO. The van der Waals surface area contributed by atoms with Gasteiger partial charge < -0.3 is 15.7 Å². The van der Waals surface area contributed by atoms with Gasteiger partial charge >= 0.3 is 0 Å². The third-order valence-corrected chi connectivity index (χ3v) is 2.35. The summed E-state index contributed by atoms with van der Waals surface area (Å²) < 4.78 is 5.09. The number of hydrogen-bond acceptors (Lipinski definition) is 4. The molecule has 1 atom stereocenters. The molecule has 1 aliphatic heterocycles. The summed E-state index contributed by atoms with van der Waals surface area (Å²) in [5.41, 5.74) is 5.43. The minimum atomic E-state index is 0.267. The van der Waals surface area contributed by atoms with Gasteiger partial charge in [0.15, 0.2) is 5.84 Å². The maximum absolute atomic E-state index is 8.42. The van der Waals surface area contributed by atoms with E-state index in [2.05, 4.69) is 10.1 Å². The first kappa shape index (κ1) is 10.3. The zero-order chi connectivity index (χ0) is 9.68. The van der Waals surface area contributed by atoms with E-state index in [1.807, 2.05) is 0 Å². The third kappa shape index (κ3) is 2.86. The Morgan fingerprint density at radius 1 is 1.77 bits per heavy atom. The minimum Gasteiger partial charge on any atom is -0.409 e. The summed E-state index contributed by atoms with van der Waals surface area (Å²) in [6.45, 7) is 2.26. The second kappa shape index (κ2) is 5.04. The number of nitrogens with zero attached hydrogens (tertiary/aromatic N) is 2. The molecule has 1 rings (SSSR count). The van der Waals surface area contributed by atoms with E-state index in [9.17, 15) is 0 Å². The van der Waals surface area contributed by atoms with Crippen molar-refractivity contribution < 1.29 is 9.94 Å². The quantitative estimate of drug-likeness (QED) is 0.278. The molecular weight excluding hydrogens is 170 g/mol. The van der Waals surface area contributed by atoms with Gasteiger partial charge in [0.25, 0.3) is 0 Å². The van der Waals surface area contributed by atoms with Crippen LogP contribution in [0.15, 0.2) is 5.16 Å². The Kier molecular flexibility index (Phi) is 3.98. The van der Waals surface area contributed by atoms with E-state index in [-0.39, 0.29) is 5.84 Å². The summed E-state index contributed by atoms with van der Waals surface area (Å²) in [6, 6.07) is 0.422. The van der Waals surface area contributed by atoms with Crippen LogP contribution in [0.3, 0.4) is 0 Å². The molecule has 5 heteroatoms. The molecule has 0 aliphatic carbocycles. The first-order valence-electron chi connectivity index (χ1n) is 4.47. The summed E-state index contributed by atoms with van der Waals surface area (Å²) in [5.74, 6) is 0.267. The Balaban J connectivity index is 2.39. The lowest BCUT2D eigenvalue weighted by Gasteiger charge is -2.22. The summed E-state index contributed by atoms with van der Waals surface area (Å²) >= 11 is 0. The maximum atomic E-state index is 8.42. The van der Waals surface area contributed by atoms with E-state index in [1.165, 1.54) is 0 Å². The van der Waals surface area contributed by atoms with Crippen molar-refractivity contribution in [3.63, 3.8) is 0 Å². The van der Waals surface area contributed by atoms with Crippen LogP contribution in [0.2, 0.25) is 0 Å². The Bertz CT molecular complexity index is 184. The van der Waals surface area contributed by atoms with Crippen LogP contribution in [0.4, 0.5) is 0 Å². The molecule has 5 nitrogen and oxygen atoms in total. The van der Waals surface area contributed by atoms with Crippen LogP contribution in [0.1, 0.15) is 12.8 Å². The molecule has 0 radical (unpaired) electrons. The molecule has 1 saturated heterocycles. The highest BCUT2D eigenvalue weighted by Gasteiger charge is 2.24. The molecule has 1 fully saturated rings. The largest absolute Gasteiger partial charge is 0.409 e. The molecule has 0 unspecified atom stereocenters. The average molecular weight is 187 g/mol. The lowest BCUT2D eigenvalue weighted by molar-refractivity contribution is 0.123. The van der Waals surface area contributed by atoms with E-state index < -0.39 is 0 Å². The molecular formula is C8H17N3O2. The van der Waals surface area contributed by atoms with Crippen LogP contribution in [0.25, 0.3) is 0 Å². The fraction of sp³-hybridized carbons (Fsp3) is 0.875.